The van der Waals surface area contributed by atoms with E-state index in [1.165, 1.54) is 11.3 Å². The van der Waals surface area contributed by atoms with Crippen molar-refractivity contribution in [1.82, 2.24) is 4.40 Å². The van der Waals surface area contributed by atoms with Crippen molar-refractivity contribution in [3.63, 3.8) is 0 Å². The van der Waals surface area contributed by atoms with Gasteiger partial charge in [-0.15, -0.1) is 11.3 Å². The summed E-state index contributed by atoms with van der Waals surface area (Å²) in [6.45, 7) is 0. The first kappa shape index (κ1) is 14.2. The van der Waals surface area contributed by atoms with E-state index in [4.69, 9.17) is 11.6 Å². The van der Waals surface area contributed by atoms with Crippen LogP contribution in [0, 0.1) is 0 Å². The van der Waals surface area contributed by atoms with Gasteiger partial charge in [-0.2, -0.15) is 0 Å². The SMILES string of the molecule is O=Cc1c(-c2ccc(Cl)cc2)c(C=O)n2c1sc1ccccc12. The van der Waals surface area contributed by atoms with Crippen molar-refractivity contribution in [1.29, 1.82) is 0 Å². The third-order valence-corrected chi connectivity index (χ3v) is 5.29. The van der Waals surface area contributed by atoms with Gasteiger partial charge in [0.2, 0.25) is 0 Å². The predicted molar refractivity (Wildman–Crippen MR) is 94.0 cm³/mol. The van der Waals surface area contributed by atoms with Gasteiger partial charge in [-0.1, -0.05) is 35.9 Å². The van der Waals surface area contributed by atoms with E-state index in [-0.39, 0.29) is 0 Å². The fraction of sp³-hybridized carbons (Fsp3) is 0. The smallest absolute Gasteiger partial charge is 0.167 e. The van der Waals surface area contributed by atoms with Gasteiger partial charge >= 0.3 is 0 Å². The number of hydrogen-bond donors (Lipinski definition) is 0. The molecular weight excluding hydrogens is 330 g/mol. The van der Waals surface area contributed by atoms with Crippen LogP contribution in [0.25, 0.3) is 26.2 Å². The van der Waals surface area contributed by atoms with Crippen LogP contribution in [0.3, 0.4) is 0 Å². The zero-order valence-electron chi connectivity index (χ0n) is 11.8. The number of hydrogen-bond acceptors (Lipinski definition) is 3. The van der Waals surface area contributed by atoms with Crippen molar-refractivity contribution in [2.45, 2.75) is 0 Å². The minimum absolute atomic E-state index is 0.488. The largest absolute Gasteiger partial charge is 0.298 e. The fourth-order valence-electron chi connectivity index (χ4n) is 2.90. The number of nitrogens with zero attached hydrogens (tertiary/aromatic N) is 1. The van der Waals surface area contributed by atoms with Gasteiger partial charge in [0.15, 0.2) is 12.6 Å². The molecule has 2 aromatic carbocycles. The maximum atomic E-state index is 11.8. The average Bonchev–Trinajstić information content (AvgIpc) is 3.09. The van der Waals surface area contributed by atoms with Crippen molar-refractivity contribution in [3.05, 3.63) is 64.8 Å². The number of rotatable bonds is 3. The normalized spacial score (nSPS) is 11.2. The van der Waals surface area contributed by atoms with Crippen molar-refractivity contribution in [2.75, 3.05) is 0 Å². The molecule has 0 aliphatic heterocycles. The van der Waals surface area contributed by atoms with Gasteiger partial charge in [-0.25, -0.2) is 0 Å². The van der Waals surface area contributed by atoms with Crippen molar-refractivity contribution >= 4 is 50.6 Å². The van der Waals surface area contributed by atoms with Gasteiger partial charge in [0.05, 0.1) is 21.5 Å². The lowest BCUT2D eigenvalue weighted by Crippen LogP contribution is -1.92. The van der Waals surface area contributed by atoms with Gasteiger partial charge < -0.3 is 0 Å². The molecule has 23 heavy (non-hydrogen) atoms. The van der Waals surface area contributed by atoms with Crippen molar-refractivity contribution in [3.8, 4) is 11.1 Å². The van der Waals surface area contributed by atoms with Crippen LogP contribution in [0.4, 0.5) is 0 Å². The number of halogens is 1. The summed E-state index contributed by atoms with van der Waals surface area (Å²) in [5.41, 5.74) is 3.41. The first-order valence-electron chi connectivity index (χ1n) is 6.97. The molecule has 4 aromatic rings. The zero-order valence-corrected chi connectivity index (χ0v) is 13.4. The van der Waals surface area contributed by atoms with E-state index in [0.29, 0.717) is 21.8 Å². The molecule has 3 nitrogen and oxygen atoms in total. The van der Waals surface area contributed by atoms with E-state index in [1.54, 1.807) is 12.1 Å². The lowest BCUT2D eigenvalue weighted by atomic mass is 10.0. The number of carbonyl (C=O) groups excluding carboxylic acids is 2. The molecule has 0 atom stereocenters. The minimum atomic E-state index is 0.488. The summed E-state index contributed by atoms with van der Waals surface area (Å²) in [4.78, 5) is 24.3. The molecule has 112 valence electrons. The Kier molecular flexibility index (Phi) is 3.29. The van der Waals surface area contributed by atoms with Crippen LogP contribution in [0.2, 0.25) is 5.02 Å². The summed E-state index contributed by atoms with van der Waals surface area (Å²) >= 11 is 7.45. The molecular formula is C18H10ClNO2S. The van der Waals surface area contributed by atoms with Crippen molar-refractivity contribution < 1.29 is 9.59 Å². The van der Waals surface area contributed by atoms with Crippen LogP contribution in [0.1, 0.15) is 20.8 Å². The average molecular weight is 340 g/mol. The Morgan fingerprint density at radius 1 is 0.957 bits per heavy atom. The Labute approximate surface area is 140 Å². The molecule has 0 bridgehead atoms. The number of aromatic nitrogens is 1. The van der Waals surface area contributed by atoms with Crippen molar-refractivity contribution in [2.24, 2.45) is 0 Å². The third kappa shape index (κ3) is 2.03. The van der Waals surface area contributed by atoms with E-state index in [9.17, 15) is 9.59 Å². The fourth-order valence-corrected chi connectivity index (χ4v) is 4.19. The molecule has 0 amide bonds. The molecule has 0 saturated heterocycles. The van der Waals surface area contributed by atoms with Gasteiger partial charge in [0.1, 0.15) is 4.83 Å². The maximum absolute atomic E-state index is 11.8. The number of benzene rings is 2. The summed E-state index contributed by atoms with van der Waals surface area (Å²) in [5, 5.41) is 0.612. The summed E-state index contributed by atoms with van der Waals surface area (Å²) in [5.74, 6) is 0. The molecule has 2 aromatic heterocycles. The van der Waals surface area contributed by atoms with E-state index in [1.807, 2.05) is 40.8 Å². The monoisotopic (exact) mass is 339 g/mol. The molecule has 0 unspecified atom stereocenters. The Hall–Kier alpha value is -2.43. The Bertz CT molecular complexity index is 1060. The number of aldehydes is 2. The zero-order chi connectivity index (χ0) is 16.0. The molecule has 4 rings (SSSR count). The van der Waals surface area contributed by atoms with Crippen LogP contribution in [0.15, 0.2) is 48.5 Å². The first-order valence-corrected chi connectivity index (χ1v) is 8.16. The number of thiazole rings is 1. The predicted octanol–water partition coefficient (Wildman–Crippen LogP) is 5.10. The minimum Gasteiger partial charge on any atom is -0.298 e. The molecule has 0 radical (unpaired) electrons. The molecule has 0 N–H and O–H groups in total. The summed E-state index contributed by atoms with van der Waals surface area (Å²) in [6.07, 6.45) is 1.63. The molecule has 5 heteroatoms. The summed E-state index contributed by atoms with van der Waals surface area (Å²) in [6, 6.07) is 15.0. The highest BCUT2D eigenvalue weighted by atomic mass is 35.5. The molecule has 2 heterocycles. The molecule has 0 saturated carbocycles. The second-order valence-electron chi connectivity index (χ2n) is 5.13. The topological polar surface area (TPSA) is 38.5 Å². The van der Waals surface area contributed by atoms with Gasteiger partial charge in [0.25, 0.3) is 0 Å². The van der Waals surface area contributed by atoms with E-state index in [0.717, 1.165) is 33.2 Å². The summed E-state index contributed by atoms with van der Waals surface area (Å²) in [7, 11) is 0. The van der Waals surface area contributed by atoms with Crippen LogP contribution >= 0.6 is 22.9 Å². The van der Waals surface area contributed by atoms with Gasteiger partial charge in [-0.05, 0) is 29.8 Å². The second-order valence-corrected chi connectivity index (χ2v) is 6.59. The first-order chi connectivity index (χ1) is 11.2. The number of para-hydroxylation sites is 1. The van der Waals surface area contributed by atoms with E-state index in [2.05, 4.69) is 0 Å². The Morgan fingerprint density at radius 3 is 2.39 bits per heavy atom. The van der Waals surface area contributed by atoms with Crippen LogP contribution in [-0.2, 0) is 0 Å². The standard InChI is InChI=1S/C18H10ClNO2S/c19-12-7-5-11(6-8-12)17-13(9-21)18-20(15(17)10-22)14-3-1-2-4-16(14)23-18/h1-10H. The highest BCUT2D eigenvalue weighted by Crippen LogP contribution is 2.38. The lowest BCUT2D eigenvalue weighted by molar-refractivity contribution is 0.111. The molecule has 0 fully saturated rings. The second kappa shape index (κ2) is 5.33. The quantitative estimate of drug-likeness (QED) is 0.487. The Balaban J connectivity index is 2.17. The van der Waals surface area contributed by atoms with Crippen LogP contribution in [0.5, 0.6) is 0 Å². The molecule has 0 aliphatic carbocycles. The van der Waals surface area contributed by atoms with E-state index >= 15 is 0 Å². The summed E-state index contributed by atoms with van der Waals surface area (Å²) < 4.78 is 2.90. The van der Waals surface area contributed by atoms with E-state index < -0.39 is 0 Å². The number of carbonyl (C=O) groups is 2. The van der Waals surface area contributed by atoms with Gasteiger partial charge in [0, 0.05) is 10.6 Å². The molecule has 0 aliphatic rings. The number of fused-ring (bicyclic) bond motifs is 3. The highest BCUT2D eigenvalue weighted by molar-refractivity contribution is 7.24. The highest BCUT2D eigenvalue weighted by Gasteiger charge is 2.22. The Morgan fingerprint density at radius 2 is 1.70 bits per heavy atom. The van der Waals surface area contributed by atoms with Gasteiger partial charge in [-0.3, -0.25) is 14.0 Å². The van der Waals surface area contributed by atoms with Crippen LogP contribution in [-0.4, -0.2) is 17.0 Å². The third-order valence-electron chi connectivity index (χ3n) is 3.88. The maximum Gasteiger partial charge on any atom is 0.167 e. The lowest BCUT2D eigenvalue weighted by Gasteiger charge is -2.03. The molecule has 0 spiro atoms. The van der Waals surface area contributed by atoms with Crippen LogP contribution < -0.4 is 0 Å².